The number of nitrogens with zero attached hydrogens (tertiary/aromatic N) is 1. The Morgan fingerprint density at radius 1 is 1.20 bits per heavy atom. The third-order valence-corrected chi connectivity index (χ3v) is 4.11. The van der Waals surface area contributed by atoms with Crippen molar-refractivity contribution < 1.29 is 14.3 Å². The highest BCUT2D eigenvalue weighted by molar-refractivity contribution is 8.00. The summed E-state index contributed by atoms with van der Waals surface area (Å²) in [6, 6.07) is 8.10. The highest BCUT2D eigenvalue weighted by Gasteiger charge is 2.12. The molecule has 4 nitrogen and oxygen atoms in total. The van der Waals surface area contributed by atoms with Crippen LogP contribution in [0.15, 0.2) is 29.2 Å². The SMILES string of the molecule is COC(OC)c1ccc(SCC(=O)N(C)C(C)C)cc1. The van der Waals surface area contributed by atoms with Gasteiger partial charge in [0, 0.05) is 37.8 Å². The van der Waals surface area contributed by atoms with Crippen LogP contribution in [0.5, 0.6) is 0 Å². The fourth-order valence-corrected chi connectivity index (χ4v) is 2.45. The first-order valence-electron chi connectivity index (χ1n) is 6.53. The molecule has 1 rings (SSSR count). The summed E-state index contributed by atoms with van der Waals surface area (Å²) in [5, 5.41) is 0. The van der Waals surface area contributed by atoms with Gasteiger partial charge in [0.2, 0.25) is 5.91 Å². The second-order valence-corrected chi connectivity index (χ2v) is 5.81. The smallest absolute Gasteiger partial charge is 0.232 e. The zero-order chi connectivity index (χ0) is 15.1. The first kappa shape index (κ1) is 17.0. The Balaban J connectivity index is 2.56. The highest BCUT2D eigenvalue weighted by Crippen LogP contribution is 2.23. The highest BCUT2D eigenvalue weighted by atomic mass is 32.2. The maximum absolute atomic E-state index is 11.9. The van der Waals surface area contributed by atoms with Crippen molar-refractivity contribution in [2.75, 3.05) is 27.0 Å². The van der Waals surface area contributed by atoms with E-state index in [1.165, 1.54) is 11.8 Å². The number of ether oxygens (including phenoxy) is 2. The molecule has 0 aliphatic carbocycles. The summed E-state index contributed by atoms with van der Waals surface area (Å²) in [6.07, 6.45) is -0.345. The Morgan fingerprint density at radius 2 is 1.75 bits per heavy atom. The van der Waals surface area contributed by atoms with Crippen LogP contribution in [0.4, 0.5) is 0 Å². The molecule has 0 bridgehead atoms. The van der Waals surface area contributed by atoms with E-state index in [-0.39, 0.29) is 18.2 Å². The first-order valence-corrected chi connectivity index (χ1v) is 7.52. The molecule has 1 amide bonds. The van der Waals surface area contributed by atoms with Crippen molar-refractivity contribution in [1.29, 1.82) is 0 Å². The van der Waals surface area contributed by atoms with Crippen LogP contribution < -0.4 is 0 Å². The van der Waals surface area contributed by atoms with E-state index in [1.54, 1.807) is 19.1 Å². The van der Waals surface area contributed by atoms with Gasteiger partial charge in [-0.15, -0.1) is 11.8 Å². The molecule has 0 heterocycles. The Bertz CT molecular complexity index is 416. The van der Waals surface area contributed by atoms with Gasteiger partial charge in [0.1, 0.15) is 0 Å². The van der Waals surface area contributed by atoms with E-state index < -0.39 is 0 Å². The molecule has 20 heavy (non-hydrogen) atoms. The van der Waals surface area contributed by atoms with Crippen molar-refractivity contribution in [1.82, 2.24) is 4.90 Å². The van der Waals surface area contributed by atoms with E-state index in [0.29, 0.717) is 5.75 Å². The topological polar surface area (TPSA) is 38.8 Å². The van der Waals surface area contributed by atoms with Gasteiger partial charge in [-0.2, -0.15) is 0 Å². The summed E-state index contributed by atoms with van der Waals surface area (Å²) in [5.41, 5.74) is 0.963. The van der Waals surface area contributed by atoms with Crippen molar-refractivity contribution in [2.45, 2.75) is 31.1 Å². The van der Waals surface area contributed by atoms with E-state index in [9.17, 15) is 4.79 Å². The average molecular weight is 297 g/mol. The van der Waals surface area contributed by atoms with Gasteiger partial charge in [-0.3, -0.25) is 4.79 Å². The Labute approximate surface area is 125 Å². The van der Waals surface area contributed by atoms with E-state index in [4.69, 9.17) is 9.47 Å². The van der Waals surface area contributed by atoms with Gasteiger partial charge in [0.15, 0.2) is 6.29 Å². The second kappa shape index (κ2) is 8.29. The lowest BCUT2D eigenvalue weighted by Crippen LogP contribution is -2.34. The number of thioether (sulfide) groups is 1. The van der Waals surface area contributed by atoms with Crippen LogP contribution in [0.2, 0.25) is 0 Å². The number of methoxy groups -OCH3 is 2. The maximum Gasteiger partial charge on any atom is 0.232 e. The normalized spacial score (nSPS) is 11.2. The van der Waals surface area contributed by atoms with E-state index >= 15 is 0 Å². The molecule has 0 saturated heterocycles. The van der Waals surface area contributed by atoms with Gasteiger partial charge in [0.25, 0.3) is 0 Å². The Morgan fingerprint density at radius 3 is 2.20 bits per heavy atom. The molecule has 0 radical (unpaired) electrons. The summed E-state index contributed by atoms with van der Waals surface area (Å²) >= 11 is 1.54. The maximum atomic E-state index is 11.9. The number of benzene rings is 1. The molecule has 112 valence electrons. The van der Waals surface area contributed by atoms with Crippen molar-refractivity contribution in [2.24, 2.45) is 0 Å². The molecule has 0 spiro atoms. The third-order valence-electron chi connectivity index (χ3n) is 3.11. The second-order valence-electron chi connectivity index (χ2n) is 4.76. The van der Waals surface area contributed by atoms with Crippen LogP contribution in [0.3, 0.4) is 0 Å². The first-order chi connectivity index (χ1) is 9.49. The molecule has 1 aromatic carbocycles. The molecule has 0 saturated carbocycles. The molecule has 0 unspecified atom stereocenters. The third kappa shape index (κ3) is 4.81. The van der Waals surface area contributed by atoms with Gasteiger partial charge < -0.3 is 14.4 Å². The summed E-state index contributed by atoms with van der Waals surface area (Å²) < 4.78 is 10.4. The molecule has 0 aliphatic rings. The minimum Gasteiger partial charge on any atom is -0.352 e. The van der Waals surface area contributed by atoms with E-state index in [2.05, 4.69) is 0 Å². The Kier molecular flexibility index (Phi) is 7.05. The minimum absolute atomic E-state index is 0.140. The largest absolute Gasteiger partial charge is 0.352 e. The number of hydrogen-bond donors (Lipinski definition) is 0. The number of carbonyl (C=O) groups is 1. The van der Waals surface area contributed by atoms with Gasteiger partial charge in [0.05, 0.1) is 5.75 Å². The Hall–Kier alpha value is -1.04. The summed E-state index contributed by atoms with van der Waals surface area (Å²) in [7, 11) is 5.05. The van der Waals surface area contributed by atoms with Crippen LogP contribution in [-0.2, 0) is 14.3 Å². The molecule has 5 heteroatoms. The van der Waals surface area contributed by atoms with Crippen molar-refractivity contribution in [3.8, 4) is 0 Å². The van der Waals surface area contributed by atoms with Crippen molar-refractivity contribution in [3.05, 3.63) is 29.8 Å². The number of rotatable bonds is 7. The van der Waals surface area contributed by atoms with E-state index in [1.807, 2.05) is 45.2 Å². The van der Waals surface area contributed by atoms with Crippen LogP contribution >= 0.6 is 11.8 Å². The van der Waals surface area contributed by atoms with Crippen LogP contribution in [0, 0.1) is 0 Å². The van der Waals surface area contributed by atoms with Gasteiger partial charge in [-0.1, -0.05) is 12.1 Å². The minimum atomic E-state index is -0.345. The molecule has 1 aromatic rings. The average Bonchev–Trinajstić information content (AvgIpc) is 2.46. The fraction of sp³-hybridized carbons (Fsp3) is 0.533. The zero-order valence-corrected chi connectivity index (χ0v) is 13.6. The number of carbonyl (C=O) groups excluding carboxylic acids is 1. The predicted molar refractivity (Wildman–Crippen MR) is 81.8 cm³/mol. The zero-order valence-electron chi connectivity index (χ0n) is 12.8. The van der Waals surface area contributed by atoms with E-state index in [0.717, 1.165) is 10.5 Å². The molecule has 0 aliphatic heterocycles. The van der Waals surface area contributed by atoms with Crippen LogP contribution in [0.25, 0.3) is 0 Å². The van der Waals surface area contributed by atoms with Crippen molar-refractivity contribution >= 4 is 17.7 Å². The van der Waals surface area contributed by atoms with Crippen LogP contribution in [0.1, 0.15) is 25.7 Å². The predicted octanol–water partition coefficient (Wildman–Crippen LogP) is 2.94. The summed E-state index contributed by atoms with van der Waals surface area (Å²) in [6.45, 7) is 4.01. The van der Waals surface area contributed by atoms with Gasteiger partial charge in [-0.05, 0) is 26.0 Å². The molecule has 0 fully saturated rings. The molecular formula is C15H23NO3S. The lowest BCUT2D eigenvalue weighted by molar-refractivity contribution is -0.128. The van der Waals surface area contributed by atoms with Gasteiger partial charge in [-0.25, -0.2) is 0 Å². The number of hydrogen-bond acceptors (Lipinski definition) is 4. The molecule has 0 atom stereocenters. The quantitative estimate of drug-likeness (QED) is 0.573. The summed E-state index contributed by atoms with van der Waals surface area (Å²) in [5.74, 6) is 0.590. The lowest BCUT2D eigenvalue weighted by Gasteiger charge is -2.21. The lowest BCUT2D eigenvalue weighted by atomic mass is 10.2. The van der Waals surface area contributed by atoms with Crippen molar-refractivity contribution in [3.63, 3.8) is 0 Å². The van der Waals surface area contributed by atoms with Crippen LogP contribution in [-0.4, -0.2) is 43.9 Å². The standard InChI is InChI=1S/C15H23NO3S/c1-11(2)16(3)14(17)10-20-13-8-6-12(7-9-13)15(18-4)19-5/h6-9,11,15H,10H2,1-5H3. The monoisotopic (exact) mass is 297 g/mol. The molecule has 0 N–H and O–H groups in total. The number of amides is 1. The molecular weight excluding hydrogens is 274 g/mol. The molecule has 0 aromatic heterocycles. The fourth-order valence-electron chi connectivity index (χ4n) is 1.62. The van der Waals surface area contributed by atoms with Gasteiger partial charge >= 0.3 is 0 Å². The summed E-state index contributed by atoms with van der Waals surface area (Å²) in [4.78, 5) is 14.7.